The minimum atomic E-state index is -4.76. The predicted octanol–water partition coefficient (Wildman–Crippen LogP) is 0.507. The fourth-order valence-corrected chi connectivity index (χ4v) is 3.00. The number of carbonyl (C=O) groups is 1. The first-order valence-corrected chi connectivity index (χ1v) is 8.82. The minimum absolute atomic E-state index is 0.124. The Balaban J connectivity index is 2.16. The second-order valence-electron chi connectivity index (χ2n) is 5.41. The van der Waals surface area contributed by atoms with E-state index in [0.29, 0.717) is 38.4 Å². The molecule has 25 heavy (non-hydrogen) atoms. The summed E-state index contributed by atoms with van der Waals surface area (Å²) in [5, 5.41) is 0. The highest BCUT2D eigenvalue weighted by Crippen LogP contribution is 2.17. The van der Waals surface area contributed by atoms with E-state index in [9.17, 15) is 30.9 Å². The van der Waals surface area contributed by atoms with Gasteiger partial charge in [0, 0.05) is 31.8 Å². The Morgan fingerprint density at radius 3 is 2.32 bits per heavy atom. The van der Waals surface area contributed by atoms with E-state index in [1.807, 2.05) is 0 Å². The van der Waals surface area contributed by atoms with Crippen molar-refractivity contribution in [2.45, 2.75) is 6.10 Å². The van der Waals surface area contributed by atoms with Gasteiger partial charge in [-0.25, -0.2) is 26.4 Å². The number of halogens is 3. The third kappa shape index (κ3) is 5.96. The van der Waals surface area contributed by atoms with Gasteiger partial charge in [0.15, 0.2) is 0 Å². The number of hydrogen-bond acceptors (Lipinski definition) is 7. The lowest BCUT2D eigenvalue weighted by atomic mass is 10.2. The Morgan fingerprint density at radius 2 is 1.80 bits per heavy atom. The summed E-state index contributed by atoms with van der Waals surface area (Å²) in [5.41, 5.74) is -1.16. The zero-order chi connectivity index (χ0) is 18.6. The molecular formula is C14H15F3NO6S-. The number of carbonyl (C=O) groups excluding carboxylic acids is 1. The van der Waals surface area contributed by atoms with Gasteiger partial charge in [0.25, 0.3) is 0 Å². The number of benzene rings is 1. The van der Waals surface area contributed by atoms with Crippen molar-refractivity contribution in [2.75, 3.05) is 38.6 Å². The number of morpholine rings is 1. The van der Waals surface area contributed by atoms with Crippen LogP contribution in [0.3, 0.4) is 0 Å². The largest absolute Gasteiger partial charge is 0.748 e. The lowest BCUT2D eigenvalue weighted by molar-refractivity contribution is 0.000441. The standard InChI is InChI=1S/C14H16F3NO6S/c15-9-5-11(16)13(12(17)6-9)14(19)24-10(8-25(20,21)22)7-18-1-3-23-4-2-18/h5-6,10H,1-4,7-8H2,(H,20,21,22)/p-1. The van der Waals surface area contributed by atoms with Crippen LogP contribution in [0.5, 0.6) is 0 Å². The van der Waals surface area contributed by atoms with Crippen LogP contribution in [0.4, 0.5) is 13.2 Å². The molecule has 1 aromatic rings. The fraction of sp³-hybridized carbons (Fsp3) is 0.500. The van der Waals surface area contributed by atoms with Crippen LogP contribution in [0.15, 0.2) is 12.1 Å². The molecule has 0 saturated carbocycles. The zero-order valence-electron chi connectivity index (χ0n) is 12.9. The molecule has 0 spiro atoms. The molecule has 1 aliphatic rings. The lowest BCUT2D eigenvalue weighted by Gasteiger charge is -2.30. The summed E-state index contributed by atoms with van der Waals surface area (Å²) in [7, 11) is -4.76. The van der Waals surface area contributed by atoms with Crippen molar-refractivity contribution in [2.24, 2.45) is 0 Å². The zero-order valence-corrected chi connectivity index (χ0v) is 13.7. The molecule has 1 aliphatic heterocycles. The van der Waals surface area contributed by atoms with Crippen LogP contribution in [0, 0.1) is 17.5 Å². The summed E-state index contributed by atoms with van der Waals surface area (Å²) >= 11 is 0. The SMILES string of the molecule is O=C(OC(CN1CCOCC1)CS(=O)(=O)[O-])c1c(F)cc(F)cc1F. The molecule has 1 saturated heterocycles. The van der Waals surface area contributed by atoms with Gasteiger partial charge < -0.3 is 14.0 Å². The molecule has 0 radical (unpaired) electrons. The van der Waals surface area contributed by atoms with Crippen molar-refractivity contribution >= 4 is 16.1 Å². The summed E-state index contributed by atoms with van der Waals surface area (Å²) in [5.74, 6) is -6.77. The van der Waals surface area contributed by atoms with Gasteiger partial charge in [0.05, 0.1) is 29.1 Å². The molecule has 0 aromatic heterocycles. The number of ether oxygens (including phenoxy) is 2. The van der Waals surface area contributed by atoms with Gasteiger partial charge in [0.2, 0.25) is 0 Å². The van der Waals surface area contributed by atoms with Crippen LogP contribution in [-0.2, 0) is 19.6 Å². The first-order chi connectivity index (χ1) is 11.7. The molecule has 2 rings (SSSR count). The molecule has 140 valence electrons. The molecule has 0 bridgehead atoms. The first-order valence-electron chi connectivity index (χ1n) is 7.25. The van der Waals surface area contributed by atoms with Crippen LogP contribution in [0.25, 0.3) is 0 Å². The second kappa shape index (κ2) is 8.13. The average Bonchev–Trinajstić information content (AvgIpc) is 2.45. The highest BCUT2D eigenvalue weighted by atomic mass is 32.2. The van der Waals surface area contributed by atoms with E-state index in [2.05, 4.69) is 0 Å². The van der Waals surface area contributed by atoms with Crippen molar-refractivity contribution in [3.8, 4) is 0 Å². The van der Waals surface area contributed by atoms with Gasteiger partial charge in [-0.05, 0) is 0 Å². The molecule has 0 aliphatic carbocycles. The molecule has 11 heteroatoms. The minimum Gasteiger partial charge on any atom is -0.748 e. The van der Waals surface area contributed by atoms with E-state index in [4.69, 9.17) is 9.47 Å². The summed E-state index contributed by atoms with van der Waals surface area (Å²) in [6.45, 7) is 1.43. The summed E-state index contributed by atoms with van der Waals surface area (Å²) < 4.78 is 83.0. The van der Waals surface area contributed by atoms with Gasteiger partial charge in [-0.1, -0.05) is 0 Å². The second-order valence-corrected chi connectivity index (χ2v) is 6.86. The molecular weight excluding hydrogens is 367 g/mol. The molecule has 1 heterocycles. The van der Waals surface area contributed by atoms with Crippen molar-refractivity contribution in [1.29, 1.82) is 0 Å². The van der Waals surface area contributed by atoms with Crippen LogP contribution in [-0.4, -0.2) is 68.5 Å². The van der Waals surface area contributed by atoms with E-state index >= 15 is 0 Å². The molecule has 7 nitrogen and oxygen atoms in total. The van der Waals surface area contributed by atoms with E-state index in [-0.39, 0.29) is 6.54 Å². The van der Waals surface area contributed by atoms with E-state index in [0.717, 1.165) is 0 Å². The maximum Gasteiger partial charge on any atom is 0.344 e. The summed E-state index contributed by atoms with van der Waals surface area (Å²) in [6, 6.07) is 0.585. The third-order valence-corrected chi connectivity index (χ3v) is 4.22. The van der Waals surface area contributed by atoms with Crippen molar-refractivity contribution in [3.05, 3.63) is 35.1 Å². The normalized spacial score (nSPS) is 17.3. The topological polar surface area (TPSA) is 96.0 Å². The first kappa shape index (κ1) is 19.6. The van der Waals surface area contributed by atoms with Gasteiger partial charge in [-0.3, -0.25) is 4.90 Å². The van der Waals surface area contributed by atoms with Gasteiger partial charge in [-0.15, -0.1) is 0 Å². The van der Waals surface area contributed by atoms with Crippen molar-refractivity contribution in [1.82, 2.24) is 4.90 Å². The van der Waals surface area contributed by atoms with Crippen LogP contribution in [0.1, 0.15) is 10.4 Å². The van der Waals surface area contributed by atoms with Gasteiger partial charge in [0.1, 0.15) is 29.1 Å². The van der Waals surface area contributed by atoms with Crippen molar-refractivity contribution in [3.63, 3.8) is 0 Å². The molecule has 1 unspecified atom stereocenters. The van der Waals surface area contributed by atoms with Crippen LogP contribution in [0.2, 0.25) is 0 Å². The van der Waals surface area contributed by atoms with Gasteiger partial charge >= 0.3 is 5.97 Å². The number of nitrogens with zero attached hydrogens (tertiary/aromatic N) is 1. The lowest BCUT2D eigenvalue weighted by Crippen LogP contribution is -2.44. The Hall–Kier alpha value is -1.69. The monoisotopic (exact) mass is 382 g/mol. The Morgan fingerprint density at radius 1 is 1.24 bits per heavy atom. The molecule has 1 aromatic carbocycles. The quantitative estimate of drug-likeness (QED) is 0.522. The molecule has 1 atom stereocenters. The van der Waals surface area contributed by atoms with Crippen molar-refractivity contribution < 1.29 is 40.4 Å². The molecule has 1 fully saturated rings. The maximum absolute atomic E-state index is 13.6. The predicted molar refractivity (Wildman–Crippen MR) is 77.3 cm³/mol. The average molecular weight is 382 g/mol. The number of esters is 1. The third-order valence-electron chi connectivity index (χ3n) is 3.44. The summed E-state index contributed by atoms with van der Waals surface area (Å²) in [4.78, 5) is 13.7. The Bertz CT molecular complexity index is 713. The van der Waals surface area contributed by atoms with E-state index in [1.165, 1.54) is 0 Å². The van der Waals surface area contributed by atoms with Crippen LogP contribution >= 0.6 is 0 Å². The maximum atomic E-state index is 13.6. The van der Waals surface area contributed by atoms with Gasteiger partial charge in [-0.2, -0.15) is 0 Å². The number of rotatable bonds is 6. The molecule has 0 amide bonds. The van der Waals surface area contributed by atoms with E-state index in [1.54, 1.807) is 4.90 Å². The fourth-order valence-electron chi connectivity index (χ4n) is 2.37. The Kier molecular flexibility index (Phi) is 6.38. The van der Waals surface area contributed by atoms with E-state index < -0.39 is 51.0 Å². The highest BCUT2D eigenvalue weighted by Gasteiger charge is 2.27. The molecule has 0 N–H and O–H groups in total. The number of hydrogen-bond donors (Lipinski definition) is 0. The smallest absolute Gasteiger partial charge is 0.344 e. The summed E-state index contributed by atoms with van der Waals surface area (Å²) in [6.07, 6.45) is -1.43. The highest BCUT2D eigenvalue weighted by molar-refractivity contribution is 7.85. The van der Waals surface area contributed by atoms with Crippen LogP contribution < -0.4 is 0 Å². The Labute approximate surface area is 142 Å².